The van der Waals surface area contributed by atoms with Crippen molar-refractivity contribution < 1.29 is 18.1 Å². The standard InChI is InChI=1S/C23H26N4O5S2.ClH/c1-4-25(5-2)14-15-26(21(28)13-12-17-8-6-9-18(16-17)27(29)30)23-24-22-19(33-23)10-7-11-20(22)34(3,31)32;/h6-13,16H,4-5,14-15H2,1-3H3;1H. The van der Waals surface area contributed by atoms with Crippen molar-refractivity contribution in [3.05, 3.63) is 64.2 Å². The molecule has 0 saturated carbocycles. The zero-order valence-corrected chi connectivity index (χ0v) is 22.0. The maximum Gasteiger partial charge on any atom is 0.270 e. The van der Waals surface area contributed by atoms with Crippen LogP contribution in [0.4, 0.5) is 10.8 Å². The number of sulfone groups is 1. The van der Waals surface area contributed by atoms with Gasteiger partial charge in [-0.25, -0.2) is 13.4 Å². The van der Waals surface area contributed by atoms with Crippen LogP contribution in [0.1, 0.15) is 19.4 Å². The van der Waals surface area contributed by atoms with Gasteiger partial charge in [0.2, 0.25) is 0 Å². The van der Waals surface area contributed by atoms with Gasteiger partial charge in [-0.15, -0.1) is 12.4 Å². The van der Waals surface area contributed by atoms with Crippen molar-refractivity contribution in [3.63, 3.8) is 0 Å². The lowest BCUT2D eigenvalue weighted by Gasteiger charge is -2.23. The van der Waals surface area contributed by atoms with Crippen LogP contribution in [0.5, 0.6) is 0 Å². The predicted molar refractivity (Wildman–Crippen MR) is 142 cm³/mol. The fraction of sp³-hybridized carbons (Fsp3) is 0.304. The monoisotopic (exact) mass is 538 g/mol. The van der Waals surface area contributed by atoms with Crippen LogP contribution in [0.2, 0.25) is 0 Å². The number of halogens is 1. The molecule has 2 aromatic carbocycles. The van der Waals surface area contributed by atoms with E-state index >= 15 is 0 Å². The number of hydrogen-bond acceptors (Lipinski definition) is 8. The molecule has 1 amide bonds. The van der Waals surface area contributed by atoms with Crippen LogP contribution in [0, 0.1) is 10.1 Å². The summed E-state index contributed by atoms with van der Waals surface area (Å²) in [5.74, 6) is -0.348. The quantitative estimate of drug-likeness (QED) is 0.213. The molecular weight excluding hydrogens is 512 g/mol. The van der Waals surface area contributed by atoms with E-state index in [0.717, 1.165) is 19.3 Å². The number of carbonyl (C=O) groups is 1. The second kappa shape index (κ2) is 12.2. The number of nitro groups is 1. The Kier molecular flexibility index (Phi) is 9.90. The summed E-state index contributed by atoms with van der Waals surface area (Å²) in [5, 5.41) is 11.4. The molecule has 35 heavy (non-hydrogen) atoms. The second-order valence-corrected chi connectivity index (χ2v) is 10.6. The van der Waals surface area contributed by atoms with Crippen molar-refractivity contribution in [2.45, 2.75) is 18.7 Å². The third kappa shape index (κ3) is 7.07. The molecule has 0 spiro atoms. The number of thiazole rings is 1. The van der Waals surface area contributed by atoms with Crippen molar-refractivity contribution in [2.24, 2.45) is 0 Å². The Morgan fingerprint density at radius 2 is 1.83 bits per heavy atom. The fourth-order valence-corrected chi connectivity index (χ4v) is 5.33. The number of benzene rings is 2. The van der Waals surface area contributed by atoms with Gasteiger partial charge < -0.3 is 4.90 Å². The van der Waals surface area contributed by atoms with Gasteiger partial charge in [0.15, 0.2) is 15.0 Å². The van der Waals surface area contributed by atoms with Crippen molar-refractivity contribution in [2.75, 3.05) is 37.3 Å². The summed E-state index contributed by atoms with van der Waals surface area (Å²) in [6, 6.07) is 10.9. The minimum Gasteiger partial charge on any atom is -0.302 e. The number of rotatable bonds is 10. The van der Waals surface area contributed by atoms with Gasteiger partial charge >= 0.3 is 0 Å². The van der Waals surface area contributed by atoms with Crippen molar-refractivity contribution >= 4 is 66.6 Å². The van der Waals surface area contributed by atoms with E-state index in [0.29, 0.717) is 34.0 Å². The molecule has 0 aliphatic carbocycles. The van der Waals surface area contributed by atoms with E-state index < -0.39 is 14.8 Å². The van der Waals surface area contributed by atoms with Crippen LogP contribution < -0.4 is 4.90 Å². The van der Waals surface area contributed by atoms with Gasteiger partial charge in [0.25, 0.3) is 11.6 Å². The van der Waals surface area contributed by atoms with Gasteiger partial charge in [-0.3, -0.25) is 19.8 Å². The molecule has 0 saturated heterocycles. The predicted octanol–water partition coefficient (Wildman–Crippen LogP) is 4.42. The molecule has 3 rings (SSSR count). The summed E-state index contributed by atoms with van der Waals surface area (Å²) >= 11 is 1.25. The normalized spacial score (nSPS) is 11.7. The molecule has 0 aliphatic heterocycles. The van der Waals surface area contributed by atoms with E-state index in [1.54, 1.807) is 24.3 Å². The van der Waals surface area contributed by atoms with Gasteiger partial charge in [0.05, 0.1) is 14.5 Å². The first kappa shape index (κ1) is 28.4. The smallest absolute Gasteiger partial charge is 0.270 e. The molecule has 0 bridgehead atoms. The highest BCUT2D eigenvalue weighted by Gasteiger charge is 2.22. The largest absolute Gasteiger partial charge is 0.302 e. The van der Waals surface area contributed by atoms with Crippen molar-refractivity contribution in [1.82, 2.24) is 9.88 Å². The van der Waals surface area contributed by atoms with E-state index in [4.69, 9.17) is 0 Å². The Labute approximate surface area is 214 Å². The molecule has 1 aromatic heterocycles. The molecule has 12 heteroatoms. The number of non-ortho nitro benzene ring substituents is 1. The highest BCUT2D eigenvalue weighted by atomic mass is 35.5. The van der Waals surface area contributed by atoms with Gasteiger partial charge in [0.1, 0.15) is 5.52 Å². The Morgan fingerprint density at radius 3 is 2.46 bits per heavy atom. The first-order valence-electron chi connectivity index (χ1n) is 10.7. The number of carbonyl (C=O) groups excluding carboxylic acids is 1. The summed E-state index contributed by atoms with van der Waals surface area (Å²) in [7, 11) is -3.49. The molecular formula is C23H27ClN4O5S2. The topological polar surface area (TPSA) is 114 Å². The van der Waals surface area contributed by atoms with Crippen molar-refractivity contribution in [1.29, 1.82) is 0 Å². The number of aromatic nitrogens is 1. The zero-order chi connectivity index (χ0) is 24.9. The molecule has 188 valence electrons. The third-order valence-corrected chi connectivity index (χ3v) is 7.47. The number of anilines is 1. The average Bonchev–Trinajstić information content (AvgIpc) is 3.23. The van der Waals surface area contributed by atoms with Gasteiger partial charge in [-0.05, 0) is 36.9 Å². The van der Waals surface area contributed by atoms with Crippen LogP contribution in [0.15, 0.2) is 53.4 Å². The van der Waals surface area contributed by atoms with Gasteiger partial charge in [-0.2, -0.15) is 0 Å². The van der Waals surface area contributed by atoms with E-state index in [-0.39, 0.29) is 28.9 Å². The van der Waals surface area contributed by atoms with Gasteiger partial charge in [-0.1, -0.05) is 43.4 Å². The molecule has 0 fully saturated rings. The number of hydrogen-bond donors (Lipinski definition) is 0. The third-order valence-electron chi connectivity index (χ3n) is 5.30. The van der Waals surface area contributed by atoms with E-state index in [1.807, 2.05) is 13.8 Å². The molecule has 0 N–H and O–H groups in total. The lowest BCUT2D eigenvalue weighted by Crippen LogP contribution is -2.38. The first-order chi connectivity index (χ1) is 16.1. The average molecular weight is 539 g/mol. The Bertz CT molecular complexity index is 1340. The number of nitro benzene ring substituents is 1. The zero-order valence-electron chi connectivity index (χ0n) is 19.6. The summed E-state index contributed by atoms with van der Waals surface area (Å²) in [6.07, 6.45) is 4.01. The number of likely N-dealkylation sites (N-methyl/N-ethyl adjacent to an activating group) is 1. The number of fused-ring (bicyclic) bond motifs is 1. The molecule has 0 unspecified atom stereocenters. The lowest BCUT2D eigenvalue weighted by atomic mass is 10.2. The minimum absolute atomic E-state index is 0. The minimum atomic E-state index is -3.49. The Morgan fingerprint density at radius 1 is 1.14 bits per heavy atom. The number of amides is 1. The lowest BCUT2D eigenvalue weighted by molar-refractivity contribution is -0.384. The second-order valence-electron chi connectivity index (χ2n) is 7.57. The van der Waals surface area contributed by atoms with Crippen LogP contribution in [0.25, 0.3) is 16.3 Å². The van der Waals surface area contributed by atoms with Gasteiger partial charge in [0, 0.05) is 37.6 Å². The summed E-state index contributed by atoms with van der Waals surface area (Å²) in [5.41, 5.74) is 0.802. The summed E-state index contributed by atoms with van der Waals surface area (Å²) in [4.78, 5) is 32.1. The van der Waals surface area contributed by atoms with Crippen molar-refractivity contribution in [3.8, 4) is 0 Å². The highest BCUT2D eigenvalue weighted by molar-refractivity contribution is 7.91. The highest BCUT2D eigenvalue weighted by Crippen LogP contribution is 2.33. The maximum absolute atomic E-state index is 13.2. The maximum atomic E-state index is 13.2. The number of para-hydroxylation sites is 1. The fourth-order valence-electron chi connectivity index (χ4n) is 3.41. The molecule has 0 radical (unpaired) electrons. The van der Waals surface area contributed by atoms with Crippen LogP contribution in [-0.4, -0.2) is 61.6 Å². The summed E-state index contributed by atoms with van der Waals surface area (Å²) in [6.45, 7) is 6.67. The van der Waals surface area contributed by atoms with Crippen LogP contribution >= 0.6 is 23.7 Å². The van der Waals surface area contributed by atoms with Crippen LogP contribution in [0.3, 0.4) is 0 Å². The molecule has 0 atom stereocenters. The summed E-state index contributed by atoms with van der Waals surface area (Å²) < 4.78 is 25.1. The first-order valence-corrected chi connectivity index (χ1v) is 13.4. The SMILES string of the molecule is CCN(CC)CCN(C(=O)C=Cc1cccc([N+](=O)[O-])c1)c1nc2c(S(C)(=O)=O)cccc2s1.Cl. The van der Waals surface area contributed by atoms with E-state index in [9.17, 15) is 23.3 Å². The Hall–Kier alpha value is -2.86. The van der Waals surface area contributed by atoms with E-state index in [1.165, 1.54) is 46.6 Å². The number of nitrogens with zero attached hydrogens (tertiary/aromatic N) is 4. The molecule has 3 aromatic rings. The molecule has 1 heterocycles. The Balaban J connectivity index is 0.00000432. The van der Waals surface area contributed by atoms with Crippen LogP contribution in [-0.2, 0) is 14.6 Å². The molecule has 9 nitrogen and oxygen atoms in total. The van der Waals surface area contributed by atoms with E-state index in [2.05, 4.69) is 9.88 Å². The molecule has 0 aliphatic rings.